The molecule has 0 aliphatic carbocycles. The van der Waals surface area contributed by atoms with Crippen LogP contribution < -0.4 is 19.7 Å². The SMILES string of the molecule is COc1cc2ncnc(N3CCC(N(C(=O)C(F)(F)F)C4Cc5ccccc5NC4=O)CC3)c2cc1OC. The number of halogens is 3. The smallest absolute Gasteiger partial charge is 0.471 e. The van der Waals surface area contributed by atoms with Gasteiger partial charge < -0.3 is 24.6 Å². The predicted octanol–water partition coefficient (Wildman–Crippen LogP) is 3.57. The summed E-state index contributed by atoms with van der Waals surface area (Å²) >= 11 is 0. The molecule has 0 bridgehead atoms. The first-order valence-electron chi connectivity index (χ1n) is 12.1. The van der Waals surface area contributed by atoms with Crippen LogP contribution in [0.3, 0.4) is 0 Å². The number of fused-ring (bicyclic) bond motifs is 2. The Labute approximate surface area is 216 Å². The Morgan fingerprint density at radius 1 is 1.08 bits per heavy atom. The van der Waals surface area contributed by atoms with Crippen LogP contribution in [0.2, 0.25) is 0 Å². The first-order valence-corrected chi connectivity index (χ1v) is 12.1. The monoisotopic (exact) mass is 529 g/mol. The first kappa shape index (κ1) is 25.6. The fourth-order valence-electron chi connectivity index (χ4n) is 5.25. The van der Waals surface area contributed by atoms with E-state index in [0.717, 1.165) is 4.90 Å². The largest absolute Gasteiger partial charge is 0.493 e. The van der Waals surface area contributed by atoms with E-state index in [1.807, 2.05) is 4.90 Å². The van der Waals surface area contributed by atoms with E-state index in [9.17, 15) is 22.8 Å². The molecule has 2 aliphatic rings. The zero-order chi connectivity index (χ0) is 27.0. The van der Waals surface area contributed by atoms with Crippen LogP contribution >= 0.6 is 0 Å². The van der Waals surface area contributed by atoms with E-state index in [4.69, 9.17) is 9.47 Å². The number of piperidine rings is 1. The van der Waals surface area contributed by atoms with Crippen molar-refractivity contribution in [2.24, 2.45) is 0 Å². The molecular formula is C26H26F3N5O4. The van der Waals surface area contributed by atoms with Crippen molar-refractivity contribution in [2.45, 2.75) is 37.5 Å². The second-order valence-electron chi connectivity index (χ2n) is 9.22. The third-order valence-electron chi connectivity index (χ3n) is 7.08. The van der Waals surface area contributed by atoms with Crippen LogP contribution in [0, 0.1) is 0 Å². The van der Waals surface area contributed by atoms with Crippen LogP contribution in [0.4, 0.5) is 24.7 Å². The molecule has 1 fully saturated rings. The van der Waals surface area contributed by atoms with Crippen LogP contribution in [0.5, 0.6) is 11.5 Å². The molecule has 2 amide bonds. The van der Waals surface area contributed by atoms with Crippen molar-refractivity contribution in [3.8, 4) is 11.5 Å². The average Bonchev–Trinajstić information content (AvgIpc) is 2.92. The summed E-state index contributed by atoms with van der Waals surface area (Å²) in [6.07, 6.45) is -3.22. The van der Waals surface area contributed by atoms with E-state index < -0.39 is 30.1 Å². The maximum Gasteiger partial charge on any atom is 0.471 e. The minimum atomic E-state index is -5.10. The van der Waals surface area contributed by atoms with E-state index in [0.29, 0.717) is 52.6 Å². The molecule has 2 aromatic carbocycles. The van der Waals surface area contributed by atoms with Gasteiger partial charge in [-0.2, -0.15) is 13.2 Å². The zero-order valence-corrected chi connectivity index (χ0v) is 20.8. The minimum absolute atomic E-state index is 0.0161. The zero-order valence-electron chi connectivity index (χ0n) is 20.8. The quantitative estimate of drug-likeness (QED) is 0.540. The fourth-order valence-corrected chi connectivity index (χ4v) is 5.25. The van der Waals surface area contributed by atoms with E-state index in [1.165, 1.54) is 20.5 Å². The molecule has 2 aliphatic heterocycles. The van der Waals surface area contributed by atoms with Crippen LogP contribution in [-0.4, -0.2) is 72.3 Å². The molecule has 3 heterocycles. The van der Waals surface area contributed by atoms with E-state index in [2.05, 4.69) is 15.3 Å². The normalized spacial score (nSPS) is 18.1. The average molecular weight is 530 g/mol. The number of benzene rings is 2. The molecule has 0 saturated carbocycles. The second-order valence-corrected chi connectivity index (χ2v) is 9.22. The Balaban J connectivity index is 1.41. The van der Waals surface area contributed by atoms with Gasteiger partial charge in [-0.05, 0) is 30.5 Å². The van der Waals surface area contributed by atoms with Crippen LogP contribution in [-0.2, 0) is 16.0 Å². The van der Waals surface area contributed by atoms with Gasteiger partial charge in [0.1, 0.15) is 18.2 Å². The minimum Gasteiger partial charge on any atom is -0.493 e. The second kappa shape index (κ2) is 9.99. The Hall–Kier alpha value is -4.09. The molecule has 1 saturated heterocycles. The molecule has 1 atom stereocenters. The van der Waals surface area contributed by atoms with Gasteiger partial charge in [0.15, 0.2) is 11.5 Å². The van der Waals surface area contributed by atoms with Crippen molar-refractivity contribution in [2.75, 3.05) is 37.5 Å². The molecule has 9 nitrogen and oxygen atoms in total. The lowest BCUT2D eigenvalue weighted by molar-refractivity contribution is -0.191. The third-order valence-corrected chi connectivity index (χ3v) is 7.08. The van der Waals surface area contributed by atoms with Crippen molar-refractivity contribution >= 4 is 34.2 Å². The first-order chi connectivity index (χ1) is 18.2. The van der Waals surface area contributed by atoms with Crippen molar-refractivity contribution < 1.29 is 32.2 Å². The highest BCUT2D eigenvalue weighted by atomic mass is 19.4. The molecule has 1 unspecified atom stereocenters. The summed E-state index contributed by atoms with van der Waals surface area (Å²) < 4.78 is 51.9. The van der Waals surface area contributed by atoms with Gasteiger partial charge in [0.25, 0.3) is 0 Å². The molecule has 1 N–H and O–H groups in total. The molecule has 0 radical (unpaired) electrons. The summed E-state index contributed by atoms with van der Waals surface area (Å²) in [5.41, 5.74) is 1.86. The number of nitrogens with one attached hydrogen (secondary N) is 1. The molecule has 1 aromatic heterocycles. The van der Waals surface area contributed by atoms with Gasteiger partial charge in [-0.1, -0.05) is 18.2 Å². The van der Waals surface area contributed by atoms with Gasteiger partial charge in [0, 0.05) is 42.7 Å². The number of anilines is 2. The highest BCUT2D eigenvalue weighted by Crippen LogP contribution is 2.37. The summed E-state index contributed by atoms with van der Waals surface area (Å²) in [6, 6.07) is 8.37. The standard InChI is InChI=1S/C26H26F3N5O4/c1-37-21-12-17-19(13-22(21)38-2)30-14-31-23(17)33-9-7-16(8-10-33)34(25(36)26(27,28)29)20-11-15-5-3-4-6-18(15)32-24(20)35/h3-6,12-14,16,20H,7-11H2,1-2H3,(H,32,35). The number of carbonyl (C=O) groups excluding carboxylic acids is 2. The number of methoxy groups -OCH3 is 2. The number of alkyl halides is 3. The fraction of sp³-hybridized carbons (Fsp3) is 0.385. The topological polar surface area (TPSA) is 96.9 Å². The van der Waals surface area contributed by atoms with Crippen molar-refractivity contribution in [1.29, 1.82) is 0 Å². The van der Waals surface area contributed by atoms with Crippen LogP contribution in [0.25, 0.3) is 10.9 Å². The maximum absolute atomic E-state index is 13.7. The Kier molecular flexibility index (Phi) is 6.72. The number of nitrogens with zero attached hydrogens (tertiary/aromatic N) is 4. The summed E-state index contributed by atoms with van der Waals surface area (Å²) in [7, 11) is 3.04. The van der Waals surface area contributed by atoms with Gasteiger partial charge >= 0.3 is 12.1 Å². The summed E-state index contributed by atoms with van der Waals surface area (Å²) in [4.78, 5) is 37.0. The molecule has 5 rings (SSSR count). The Morgan fingerprint density at radius 3 is 2.45 bits per heavy atom. The number of hydrogen-bond acceptors (Lipinski definition) is 7. The van der Waals surface area contributed by atoms with E-state index >= 15 is 0 Å². The number of para-hydroxylation sites is 1. The highest BCUT2D eigenvalue weighted by molar-refractivity contribution is 6.00. The molecule has 200 valence electrons. The van der Waals surface area contributed by atoms with E-state index in [-0.39, 0.29) is 19.3 Å². The lowest BCUT2D eigenvalue weighted by Gasteiger charge is -2.43. The number of amides is 2. The number of hydrogen-bond donors (Lipinski definition) is 1. The molecular weight excluding hydrogens is 503 g/mol. The summed E-state index contributed by atoms with van der Waals surface area (Å²) in [5.74, 6) is -1.01. The molecule has 0 spiro atoms. The lowest BCUT2D eigenvalue weighted by Crippen LogP contribution is -2.60. The van der Waals surface area contributed by atoms with Crippen LogP contribution in [0.15, 0.2) is 42.7 Å². The van der Waals surface area contributed by atoms with Crippen molar-refractivity contribution in [3.05, 3.63) is 48.3 Å². The Bertz CT molecular complexity index is 1370. The molecule has 38 heavy (non-hydrogen) atoms. The number of rotatable bonds is 5. The summed E-state index contributed by atoms with van der Waals surface area (Å²) in [6.45, 7) is 0.662. The van der Waals surface area contributed by atoms with Crippen molar-refractivity contribution in [3.63, 3.8) is 0 Å². The predicted molar refractivity (Wildman–Crippen MR) is 133 cm³/mol. The van der Waals surface area contributed by atoms with Gasteiger partial charge in [-0.15, -0.1) is 0 Å². The number of aromatic nitrogens is 2. The lowest BCUT2D eigenvalue weighted by atomic mass is 9.93. The van der Waals surface area contributed by atoms with Crippen LogP contribution in [0.1, 0.15) is 18.4 Å². The Morgan fingerprint density at radius 2 is 1.76 bits per heavy atom. The third kappa shape index (κ3) is 4.66. The number of carbonyl (C=O) groups is 2. The van der Waals surface area contributed by atoms with Gasteiger partial charge in [0.05, 0.1) is 19.7 Å². The van der Waals surface area contributed by atoms with Crippen molar-refractivity contribution in [1.82, 2.24) is 14.9 Å². The maximum atomic E-state index is 13.7. The van der Waals surface area contributed by atoms with Gasteiger partial charge in [0.2, 0.25) is 5.91 Å². The van der Waals surface area contributed by atoms with Gasteiger partial charge in [-0.3, -0.25) is 9.59 Å². The van der Waals surface area contributed by atoms with E-state index in [1.54, 1.807) is 36.4 Å². The van der Waals surface area contributed by atoms with Gasteiger partial charge in [-0.25, -0.2) is 9.97 Å². The number of ether oxygens (including phenoxy) is 2. The summed E-state index contributed by atoms with van der Waals surface area (Å²) in [5, 5.41) is 3.36. The molecule has 12 heteroatoms. The highest BCUT2D eigenvalue weighted by Gasteiger charge is 2.49. The molecule has 3 aromatic rings.